The number of H-pyrrole nitrogens is 1. The van der Waals surface area contributed by atoms with Gasteiger partial charge in [-0.2, -0.15) is 10.3 Å². The maximum atomic E-state index is 10.6. The molecule has 0 aliphatic carbocycles. The van der Waals surface area contributed by atoms with Crippen molar-refractivity contribution in [3.05, 3.63) is 32.4 Å². The lowest BCUT2D eigenvalue weighted by atomic mass is 10.2. The van der Waals surface area contributed by atoms with Crippen LogP contribution in [0.15, 0.2) is 12.1 Å². The minimum atomic E-state index is -0.738. The molecule has 0 unspecified atom stereocenters. The average molecular weight is 227 g/mol. The highest BCUT2D eigenvalue weighted by molar-refractivity contribution is 5.86. The molecule has 16 heavy (non-hydrogen) atoms. The first-order valence-corrected chi connectivity index (χ1v) is 3.73. The Morgan fingerprint density at radius 2 is 1.81 bits per heavy atom. The number of aromatic amines is 1. The van der Waals surface area contributed by atoms with Crippen LogP contribution in [0, 0.1) is 20.2 Å². The zero-order valence-electron chi connectivity index (χ0n) is 7.58. The molecule has 0 aliphatic heterocycles. The summed E-state index contributed by atoms with van der Waals surface area (Å²) in [6.45, 7) is 0. The van der Waals surface area contributed by atoms with Gasteiger partial charge in [0.2, 0.25) is 0 Å². The van der Waals surface area contributed by atoms with Crippen molar-refractivity contribution in [3.63, 3.8) is 0 Å². The lowest BCUT2D eigenvalue weighted by Crippen LogP contribution is -1.93. The molecule has 0 saturated carbocycles. The van der Waals surface area contributed by atoms with Crippen molar-refractivity contribution in [1.29, 1.82) is 0 Å². The molecular weight excluding hydrogens is 222 g/mol. The van der Waals surface area contributed by atoms with E-state index in [2.05, 4.69) is 15.4 Å². The topological polar surface area (TPSA) is 159 Å². The number of aromatic nitrogens is 3. The Bertz CT molecular complexity index is 563. The largest absolute Gasteiger partial charge is 0.412 e. The second-order valence-corrected chi connectivity index (χ2v) is 2.67. The van der Waals surface area contributed by atoms with Gasteiger partial charge >= 0.3 is 5.69 Å². The normalized spacial score (nSPS) is 9.75. The van der Waals surface area contributed by atoms with Gasteiger partial charge in [-0.05, 0) is 0 Å². The third-order valence-corrected chi connectivity index (χ3v) is 1.79. The highest BCUT2D eigenvalue weighted by atomic mass is 16.6. The van der Waals surface area contributed by atoms with Gasteiger partial charge < -0.3 is 5.48 Å². The summed E-state index contributed by atoms with van der Waals surface area (Å²) in [5.41, 5.74) is -0.724. The maximum absolute atomic E-state index is 10.6. The highest BCUT2D eigenvalue weighted by Crippen LogP contribution is 2.27. The van der Waals surface area contributed by atoms with E-state index < -0.39 is 15.5 Å². The van der Waals surface area contributed by atoms with Crippen molar-refractivity contribution < 1.29 is 15.3 Å². The Morgan fingerprint density at radius 1 is 1.12 bits per heavy atom. The molecule has 0 saturated heterocycles. The molecule has 3 N–H and O–H groups in total. The Hall–Kier alpha value is -2.62. The summed E-state index contributed by atoms with van der Waals surface area (Å²) in [6.07, 6.45) is 0. The van der Waals surface area contributed by atoms with Crippen molar-refractivity contribution in [3.8, 4) is 0 Å². The van der Waals surface area contributed by atoms with Crippen molar-refractivity contribution in [1.82, 2.24) is 15.4 Å². The van der Waals surface area contributed by atoms with Gasteiger partial charge in [0.1, 0.15) is 5.52 Å². The molecule has 10 nitrogen and oxygen atoms in total. The van der Waals surface area contributed by atoms with Gasteiger partial charge in [-0.25, -0.2) is 0 Å². The Morgan fingerprint density at radius 3 is 2.38 bits per heavy atom. The molecule has 10 heteroatoms. The van der Waals surface area contributed by atoms with Crippen LogP contribution in [0.5, 0.6) is 0 Å². The minimum Gasteiger partial charge on any atom is -0.412 e. The van der Waals surface area contributed by atoms with E-state index in [0.29, 0.717) is 0 Å². The molecule has 2 rings (SSSR count). The van der Waals surface area contributed by atoms with E-state index in [9.17, 15) is 20.2 Å². The van der Waals surface area contributed by atoms with Gasteiger partial charge in [-0.15, -0.1) is 5.10 Å². The van der Waals surface area contributed by atoms with Crippen molar-refractivity contribution in [2.24, 2.45) is 0 Å². The maximum Gasteiger partial charge on any atom is 0.305 e. The number of hydrogen-bond acceptors (Lipinski definition) is 6. The molecule has 1 aromatic carbocycles. The summed E-state index contributed by atoms with van der Waals surface area (Å²) in [4.78, 5) is 19.6. The summed E-state index contributed by atoms with van der Waals surface area (Å²) in [5.74, 6) is 0. The number of nitrogens with one attached hydrogen (secondary N) is 1. The van der Waals surface area contributed by atoms with E-state index in [4.69, 9.17) is 0 Å². The Kier molecular flexibility index (Phi) is 2.76. The van der Waals surface area contributed by atoms with Crippen LogP contribution >= 0.6 is 0 Å². The zero-order valence-corrected chi connectivity index (χ0v) is 7.58. The molecule has 2 aromatic rings. The van der Waals surface area contributed by atoms with E-state index in [1.54, 1.807) is 0 Å². The molecule has 84 valence electrons. The average Bonchev–Trinajstić information content (AvgIpc) is 2.62. The van der Waals surface area contributed by atoms with Crippen LogP contribution in [-0.2, 0) is 0 Å². The summed E-state index contributed by atoms with van der Waals surface area (Å²) in [5, 5.41) is 30.3. The molecule has 1 aromatic heterocycles. The SMILES string of the molecule is O.O=[N+]([O-])c1cc([N+](=O)[O-])c2n[nH]nc2c1. The number of benzene rings is 1. The number of hydrogen-bond donors (Lipinski definition) is 1. The molecule has 0 bridgehead atoms. The fraction of sp³-hybridized carbons (Fsp3) is 0. The van der Waals surface area contributed by atoms with Gasteiger partial charge in [-0.1, -0.05) is 0 Å². The summed E-state index contributed by atoms with van der Waals surface area (Å²) < 4.78 is 0. The predicted molar refractivity (Wildman–Crippen MR) is 50.8 cm³/mol. The number of rotatable bonds is 2. The summed E-state index contributed by atoms with van der Waals surface area (Å²) >= 11 is 0. The van der Waals surface area contributed by atoms with Crippen LogP contribution in [-0.4, -0.2) is 30.7 Å². The Balaban J connectivity index is 0.00000128. The Labute approximate surface area is 86.5 Å². The molecule has 0 amide bonds. The standard InChI is InChI=1S/C6H3N5O4.H2O/c12-10(13)3-1-4-6(8-9-7-4)5(2-3)11(14)15;/h1-2H,(H,7,8,9);1H2. The number of nitrogens with zero attached hydrogens (tertiary/aromatic N) is 4. The van der Waals surface area contributed by atoms with E-state index in [0.717, 1.165) is 12.1 Å². The fourth-order valence-corrected chi connectivity index (χ4v) is 1.16. The van der Waals surface area contributed by atoms with Crippen LogP contribution in [0.4, 0.5) is 11.4 Å². The lowest BCUT2D eigenvalue weighted by Gasteiger charge is -1.92. The number of nitro groups is 2. The summed E-state index contributed by atoms with van der Waals surface area (Å²) in [7, 11) is 0. The van der Waals surface area contributed by atoms with Crippen LogP contribution in [0.1, 0.15) is 0 Å². The van der Waals surface area contributed by atoms with Gasteiger partial charge in [-0.3, -0.25) is 20.2 Å². The third kappa shape index (κ3) is 1.64. The zero-order chi connectivity index (χ0) is 11.0. The van der Waals surface area contributed by atoms with E-state index in [1.165, 1.54) is 0 Å². The molecule has 0 atom stereocenters. The summed E-state index contributed by atoms with van der Waals surface area (Å²) in [6, 6.07) is 1.97. The highest BCUT2D eigenvalue weighted by Gasteiger charge is 2.21. The van der Waals surface area contributed by atoms with Crippen LogP contribution < -0.4 is 0 Å². The molecule has 0 fully saturated rings. The monoisotopic (exact) mass is 227 g/mol. The van der Waals surface area contributed by atoms with Crippen LogP contribution in [0.2, 0.25) is 0 Å². The molecule has 0 aliphatic rings. The van der Waals surface area contributed by atoms with Crippen molar-refractivity contribution in [2.75, 3.05) is 0 Å². The van der Waals surface area contributed by atoms with Crippen molar-refractivity contribution in [2.45, 2.75) is 0 Å². The molecule has 1 heterocycles. The predicted octanol–water partition coefficient (Wildman–Crippen LogP) is -0.0504. The minimum absolute atomic E-state index is 0. The first kappa shape index (κ1) is 11.5. The third-order valence-electron chi connectivity index (χ3n) is 1.79. The fourth-order valence-electron chi connectivity index (χ4n) is 1.16. The van der Waals surface area contributed by atoms with Gasteiger partial charge in [0, 0.05) is 6.07 Å². The van der Waals surface area contributed by atoms with Gasteiger partial charge in [0.15, 0.2) is 5.52 Å². The van der Waals surface area contributed by atoms with Crippen LogP contribution in [0.3, 0.4) is 0 Å². The number of fused-ring (bicyclic) bond motifs is 1. The van der Waals surface area contributed by atoms with E-state index in [-0.39, 0.29) is 22.2 Å². The molecule has 0 spiro atoms. The second kappa shape index (κ2) is 3.86. The van der Waals surface area contributed by atoms with Gasteiger partial charge in [0.25, 0.3) is 5.69 Å². The van der Waals surface area contributed by atoms with E-state index in [1.807, 2.05) is 0 Å². The van der Waals surface area contributed by atoms with Crippen molar-refractivity contribution >= 4 is 22.4 Å². The quantitative estimate of drug-likeness (QED) is 0.558. The number of non-ortho nitro benzene ring substituents is 2. The molecule has 0 radical (unpaired) electrons. The second-order valence-electron chi connectivity index (χ2n) is 2.67. The molecular formula is C6H5N5O5. The number of nitro benzene ring substituents is 2. The van der Waals surface area contributed by atoms with Gasteiger partial charge in [0.05, 0.1) is 15.9 Å². The van der Waals surface area contributed by atoms with Crippen LogP contribution in [0.25, 0.3) is 11.0 Å². The first-order valence-electron chi connectivity index (χ1n) is 3.73. The smallest absolute Gasteiger partial charge is 0.305 e. The first-order chi connectivity index (χ1) is 7.09. The lowest BCUT2D eigenvalue weighted by molar-refractivity contribution is -0.393. The van der Waals surface area contributed by atoms with E-state index >= 15 is 0 Å².